The molecule has 1 aliphatic heterocycles. The Morgan fingerprint density at radius 2 is 1.97 bits per heavy atom. The molecule has 2 nitrogen and oxygen atoms in total. The van der Waals surface area contributed by atoms with Crippen molar-refractivity contribution < 1.29 is 4.89 Å². The van der Waals surface area contributed by atoms with E-state index in [0.29, 0.717) is 5.92 Å². The van der Waals surface area contributed by atoms with Crippen LogP contribution in [-0.2, 0) is 12.6 Å². The zero-order chi connectivity index (χ0) is 20.5. The van der Waals surface area contributed by atoms with Crippen LogP contribution in [0, 0.1) is 6.92 Å². The lowest BCUT2D eigenvalue weighted by atomic mass is 9.75. The van der Waals surface area contributed by atoms with E-state index in [-0.39, 0.29) is 8.81 Å². The molecule has 1 atom stereocenters. The Morgan fingerprint density at radius 3 is 2.66 bits per heavy atom. The smallest absolute Gasteiger partial charge is 0.0481 e. The molecule has 1 heterocycles. The summed E-state index contributed by atoms with van der Waals surface area (Å²) in [6.07, 6.45) is 6.18. The molecule has 29 heavy (non-hydrogen) atoms. The number of hydrogen-bond acceptors (Lipinski definition) is 2. The summed E-state index contributed by atoms with van der Waals surface area (Å²) in [6, 6.07) is 10.4. The highest BCUT2D eigenvalue weighted by molar-refractivity contribution is 7.30. The quantitative estimate of drug-likeness (QED) is 0.590. The van der Waals surface area contributed by atoms with E-state index in [1.54, 1.807) is 0 Å². The van der Waals surface area contributed by atoms with Crippen LogP contribution in [0.5, 0.6) is 0 Å². The minimum atomic E-state index is -0.0595. The van der Waals surface area contributed by atoms with E-state index < -0.39 is 0 Å². The molecule has 4 rings (SSSR count). The molecule has 4 heteroatoms. The van der Waals surface area contributed by atoms with Gasteiger partial charge in [-0.05, 0) is 103 Å². The fourth-order valence-electron chi connectivity index (χ4n) is 5.06. The number of nitrogens with zero attached hydrogens (tertiary/aromatic N) is 1. The molecule has 1 saturated heterocycles. The summed E-state index contributed by atoms with van der Waals surface area (Å²) >= 11 is 6.54. The van der Waals surface area contributed by atoms with E-state index in [1.165, 1.54) is 46.2 Å². The van der Waals surface area contributed by atoms with Gasteiger partial charge in [-0.1, -0.05) is 48.5 Å². The van der Waals surface area contributed by atoms with Crippen LogP contribution in [-0.4, -0.2) is 29.9 Å². The Labute approximate surface area is 181 Å². The molecule has 0 radical (unpaired) electrons. The van der Waals surface area contributed by atoms with Crippen molar-refractivity contribution in [3.8, 4) is 0 Å². The fraction of sp³-hybridized carbons (Fsp3) is 0.360. The first kappa shape index (κ1) is 20.8. The summed E-state index contributed by atoms with van der Waals surface area (Å²) in [6.45, 7) is 8.86. The molecule has 2 aromatic carbocycles. The van der Waals surface area contributed by atoms with Crippen LogP contribution in [0.1, 0.15) is 52.1 Å². The maximum Gasteiger partial charge on any atom is 0.0481 e. The van der Waals surface area contributed by atoms with Crippen LogP contribution in [0.2, 0.25) is 5.02 Å². The van der Waals surface area contributed by atoms with Crippen LogP contribution in [0.25, 0.3) is 11.1 Å². The SMILES string of the molecule is C=C1C=C(c2ccccc2Cl)Cc2c1c(C)cc(CPO)c2C1CCN(C)CC1. The Balaban J connectivity index is 1.85. The van der Waals surface area contributed by atoms with Gasteiger partial charge in [-0.2, -0.15) is 0 Å². The van der Waals surface area contributed by atoms with Gasteiger partial charge < -0.3 is 9.79 Å². The number of allylic oxidation sites excluding steroid dienone is 3. The molecule has 1 fully saturated rings. The lowest BCUT2D eigenvalue weighted by Crippen LogP contribution is -2.30. The van der Waals surface area contributed by atoms with Crippen molar-refractivity contribution in [2.45, 2.75) is 38.3 Å². The minimum absolute atomic E-state index is 0.0595. The van der Waals surface area contributed by atoms with Crippen molar-refractivity contribution in [3.05, 3.63) is 81.4 Å². The Kier molecular flexibility index (Phi) is 6.27. The van der Waals surface area contributed by atoms with Gasteiger partial charge in [0.25, 0.3) is 0 Å². The Morgan fingerprint density at radius 1 is 1.24 bits per heavy atom. The molecular weight excluding hydrogens is 397 g/mol. The standard InChI is InChI=1S/C25H29ClNOP/c1-16-12-19(21-6-4-5-7-23(21)26)14-22-24(16)17(2)13-20(15-29-28)25(22)18-8-10-27(3)11-9-18/h4-7,12-13,18,28-29H,1,8-11,14-15H2,2-3H3. The van der Waals surface area contributed by atoms with E-state index in [9.17, 15) is 4.89 Å². The Hall–Kier alpha value is -1.44. The van der Waals surface area contributed by atoms with Crippen molar-refractivity contribution in [2.75, 3.05) is 20.1 Å². The normalized spacial score (nSPS) is 18.3. The number of aryl methyl sites for hydroxylation is 1. The van der Waals surface area contributed by atoms with Crippen LogP contribution >= 0.6 is 20.4 Å². The molecule has 2 aliphatic rings. The van der Waals surface area contributed by atoms with Crippen molar-refractivity contribution in [3.63, 3.8) is 0 Å². The summed E-state index contributed by atoms with van der Waals surface area (Å²) in [4.78, 5) is 12.2. The fourth-order valence-corrected chi connectivity index (χ4v) is 5.78. The Bertz CT molecular complexity index is 973. The molecular formula is C25H29ClNOP. The summed E-state index contributed by atoms with van der Waals surface area (Å²) in [5.41, 5.74) is 10.2. The summed E-state index contributed by atoms with van der Waals surface area (Å²) < 4.78 is 0. The van der Waals surface area contributed by atoms with Gasteiger partial charge >= 0.3 is 0 Å². The molecule has 0 spiro atoms. The van der Waals surface area contributed by atoms with Gasteiger partial charge in [-0.25, -0.2) is 0 Å². The molecule has 1 aliphatic carbocycles. The molecule has 0 aromatic heterocycles. The maximum atomic E-state index is 9.77. The highest BCUT2D eigenvalue weighted by Gasteiger charge is 2.29. The van der Waals surface area contributed by atoms with Crippen LogP contribution < -0.4 is 0 Å². The largest absolute Gasteiger partial charge is 0.377 e. The summed E-state index contributed by atoms with van der Waals surface area (Å²) in [5, 5.41) is 0.792. The van der Waals surface area contributed by atoms with Crippen molar-refractivity contribution >= 4 is 31.6 Å². The second kappa shape index (κ2) is 8.74. The molecule has 0 saturated carbocycles. The molecule has 152 valence electrons. The average molecular weight is 426 g/mol. The summed E-state index contributed by atoms with van der Waals surface area (Å²) in [5.74, 6) is 0.547. The van der Waals surface area contributed by atoms with E-state index in [4.69, 9.17) is 11.6 Å². The van der Waals surface area contributed by atoms with Crippen molar-refractivity contribution in [1.82, 2.24) is 4.90 Å². The lowest BCUT2D eigenvalue weighted by molar-refractivity contribution is 0.254. The average Bonchev–Trinajstić information content (AvgIpc) is 2.69. The minimum Gasteiger partial charge on any atom is -0.377 e. The first-order valence-electron chi connectivity index (χ1n) is 10.3. The number of benzene rings is 2. The first-order chi connectivity index (χ1) is 14.0. The van der Waals surface area contributed by atoms with E-state index in [1.807, 2.05) is 18.2 Å². The molecule has 0 bridgehead atoms. The highest BCUT2D eigenvalue weighted by atomic mass is 35.5. The molecule has 1 unspecified atom stereocenters. The third-order valence-electron chi connectivity index (χ3n) is 6.41. The number of rotatable bonds is 4. The van der Waals surface area contributed by atoms with Gasteiger partial charge in [0.05, 0.1) is 0 Å². The molecule has 2 aromatic rings. The van der Waals surface area contributed by atoms with Gasteiger partial charge in [-0.3, -0.25) is 0 Å². The maximum absolute atomic E-state index is 9.77. The van der Waals surface area contributed by atoms with Crippen molar-refractivity contribution in [1.29, 1.82) is 0 Å². The number of piperidine rings is 1. The predicted molar refractivity (Wildman–Crippen MR) is 127 cm³/mol. The number of fused-ring (bicyclic) bond motifs is 1. The number of halogens is 1. The van der Waals surface area contributed by atoms with Gasteiger partial charge in [0, 0.05) is 20.0 Å². The number of hydrogen-bond donors (Lipinski definition) is 1. The topological polar surface area (TPSA) is 23.5 Å². The lowest BCUT2D eigenvalue weighted by Gasteiger charge is -2.34. The summed E-state index contributed by atoms with van der Waals surface area (Å²) in [7, 11) is 2.15. The van der Waals surface area contributed by atoms with Crippen LogP contribution in [0.3, 0.4) is 0 Å². The highest BCUT2D eigenvalue weighted by Crippen LogP contribution is 2.44. The van der Waals surface area contributed by atoms with Crippen molar-refractivity contribution in [2.24, 2.45) is 0 Å². The predicted octanol–water partition coefficient (Wildman–Crippen LogP) is 6.20. The monoisotopic (exact) mass is 425 g/mol. The van der Waals surface area contributed by atoms with Gasteiger partial charge in [0.1, 0.15) is 0 Å². The van der Waals surface area contributed by atoms with E-state index in [0.717, 1.165) is 41.8 Å². The zero-order valence-corrected chi connectivity index (χ0v) is 19.0. The molecule has 1 N–H and O–H groups in total. The second-order valence-electron chi connectivity index (χ2n) is 8.38. The number of likely N-dealkylation sites (tertiary alicyclic amines) is 1. The van der Waals surface area contributed by atoms with Gasteiger partial charge in [0.15, 0.2) is 0 Å². The zero-order valence-electron chi connectivity index (χ0n) is 17.3. The first-order valence-corrected chi connectivity index (χ1v) is 11.9. The van der Waals surface area contributed by atoms with E-state index in [2.05, 4.69) is 43.7 Å². The van der Waals surface area contributed by atoms with Crippen LogP contribution in [0.4, 0.5) is 0 Å². The van der Waals surface area contributed by atoms with Gasteiger partial charge in [-0.15, -0.1) is 0 Å². The van der Waals surface area contributed by atoms with E-state index >= 15 is 0 Å². The third-order valence-corrected chi connectivity index (χ3v) is 7.28. The van der Waals surface area contributed by atoms with Crippen LogP contribution in [0.15, 0.2) is 43.0 Å². The third kappa shape index (κ3) is 4.09. The molecule has 0 amide bonds. The second-order valence-corrected chi connectivity index (χ2v) is 9.46. The van der Waals surface area contributed by atoms with Gasteiger partial charge in [0.2, 0.25) is 0 Å².